The number of rotatable bonds is 1. The normalized spacial score (nSPS) is 12.3. The van der Waals surface area contributed by atoms with Crippen LogP contribution in [0.15, 0.2) is 6.20 Å². The van der Waals surface area contributed by atoms with Crippen LogP contribution in [0.3, 0.4) is 0 Å². The fourth-order valence-corrected chi connectivity index (χ4v) is 3.67. The quantitative estimate of drug-likeness (QED) is 0.751. The van der Waals surface area contributed by atoms with Gasteiger partial charge in [0.15, 0.2) is 5.65 Å². The lowest BCUT2D eigenvalue weighted by Gasteiger charge is -2.18. The van der Waals surface area contributed by atoms with E-state index >= 15 is 0 Å². The van der Waals surface area contributed by atoms with Crippen LogP contribution in [0.4, 0.5) is 4.39 Å². The molecular formula is C10H14FN3Si. The molecule has 0 fully saturated rings. The molecule has 0 saturated heterocycles. The minimum Gasteiger partial charge on any atom is -0.280 e. The van der Waals surface area contributed by atoms with Crippen LogP contribution in [-0.2, 0) is 0 Å². The zero-order valence-corrected chi connectivity index (χ0v) is 10.3. The van der Waals surface area contributed by atoms with E-state index in [1.807, 2.05) is 6.92 Å². The first-order chi connectivity index (χ1) is 6.91. The Morgan fingerprint density at radius 1 is 1.33 bits per heavy atom. The number of aromatic nitrogens is 3. The molecule has 0 aliphatic rings. The lowest BCUT2D eigenvalue weighted by molar-refractivity contribution is 0.631. The molecule has 0 amide bonds. The molecule has 3 nitrogen and oxygen atoms in total. The fourth-order valence-electron chi connectivity index (χ4n) is 1.84. The van der Waals surface area contributed by atoms with E-state index in [0.717, 1.165) is 16.3 Å². The van der Waals surface area contributed by atoms with Gasteiger partial charge in [-0.05, 0) is 12.1 Å². The summed E-state index contributed by atoms with van der Waals surface area (Å²) in [5, 5.41) is 8.60. The Bertz CT molecular complexity index is 513. The summed E-state index contributed by atoms with van der Waals surface area (Å²) in [6.45, 7) is 8.27. The Kier molecular flexibility index (Phi) is 2.15. The van der Waals surface area contributed by atoms with E-state index in [1.54, 1.807) is 0 Å². The van der Waals surface area contributed by atoms with Crippen molar-refractivity contribution in [1.29, 1.82) is 0 Å². The highest BCUT2D eigenvalue weighted by Gasteiger charge is 2.25. The average molecular weight is 223 g/mol. The number of nitrogens with zero attached hydrogens (tertiary/aromatic N) is 2. The summed E-state index contributed by atoms with van der Waals surface area (Å²) in [5.41, 5.74) is 1.51. The average Bonchev–Trinajstić information content (AvgIpc) is 2.46. The molecule has 2 aromatic heterocycles. The van der Waals surface area contributed by atoms with E-state index in [4.69, 9.17) is 0 Å². The number of hydrogen-bond acceptors (Lipinski definition) is 2. The Morgan fingerprint density at radius 2 is 2.00 bits per heavy atom. The summed E-state index contributed by atoms with van der Waals surface area (Å²) in [5.74, 6) is -0.203. The topological polar surface area (TPSA) is 41.6 Å². The van der Waals surface area contributed by atoms with Crippen LogP contribution >= 0.6 is 0 Å². The molecule has 0 radical (unpaired) electrons. The molecule has 0 unspecified atom stereocenters. The largest absolute Gasteiger partial charge is 0.280 e. The maximum Gasteiger partial charge on any atom is 0.181 e. The number of H-pyrrole nitrogens is 1. The Morgan fingerprint density at radius 3 is 2.60 bits per heavy atom. The minimum absolute atomic E-state index is 0.203. The summed E-state index contributed by atoms with van der Waals surface area (Å²) >= 11 is 0. The number of fused-ring (bicyclic) bond motifs is 1. The van der Waals surface area contributed by atoms with Crippen molar-refractivity contribution in [3.63, 3.8) is 0 Å². The van der Waals surface area contributed by atoms with Crippen LogP contribution in [0.5, 0.6) is 0 Å². The Balaban J connectivity index is 2.90. The van der Waals surface area contributed by atoms with Crippen molar-refractivity contribution in [3.05, 3.63) is 17.7 Å². The van der Waals surface area contributed by atoms with Crippen LogP contribution < -0.4 is 5.19 Å². The molecule has 1 N–H and O–H groups in total. The number of aryl methyl sites for hydroxylation is 1. The van der Waals surface area contributed by atoms with E-state index < -0.39 is 8.07 Å². The fraction of sp³-hybridized carbons (Fsp3) is 0.400. The van der Waals surface area contributed by atoms with Gasteiger partial charge in [-0.2, -0.15) is 5.10 Å². The van der Waals surface area contributed by atoms with Gasteiger partial charge in [0.25, 0.3) is 0 Å². The molecule has 15 heavy (non-hydrogen) atoms. The summed E-state index contributed by atoms with van der Waals surface area (Å²) in [4.78, 5) is 3.98. The van der Waals surface area contributed by atoms with Gasteiger partial charge in [-0.1, -0.05) is 19.6 Å². The van der Waals surface area contributed by atoms with E-state index in [0.29, 0.717) is 5.65 Å². The minimum atomic E-state index is -1.71. The zero-order chi connectivity index (χ0) is 11.2. The predicted octanol–water partition coefficient (Wildman–Crippen LogP) is 1.95. The Hall–Kier alpha value is -1.23. The molecule has 2 aromatic rings. The lowest BCUT2D eigenvalue weighted by Crippen LogP contribution is -2.40. The molecule has 5 heteroatoms. The number of aromatic amines is 1. The van der Waals surface area contributed by atoms with Crippen LogP contribution in [0.2, 0.25) is 19.6 Å². The van der Waals surface area contributed by atoms with Gasteiger partial charge in [-0.3, -0.25) is 5.10 Å². The summed E-state index contributed by atoms with van der Waals surface area (Å²) in [6, 6.07) is 0. The van der Waals surface area contributed by atoms with Crippen molar-refractivity contribution in [2.75, 3.05) is 0 Å². The van der Waals surface area contributed by atoms with E-state index in [2.05, 4.69) is 34.8 Å². The molecule has 0 atom stereocenters. The first-order valence-corrected chi connectivity index (χ1v) is 8.41. The van der Waals surface area contributed by atoms with Gasteiger partial charge in [0.05, 0.1) is 14.3 Å². The molecule has 0 bridgehead atoms. The smallest absolute Gasteiger partial charge is 0.181 e. The monoisotopic (exact) mass is 223 g/mol. The van der Waals surface area contributed by atoms with Crippen molar-refractivity contribution < 1.29 is 4.39 Å². The van der Waals surface area contributed by atoms with Gasteiger partial charge in [0.1, 0.15) is 5.82 Å². The second kappa shape index (κ2) is 3.13. The molecule has 2 heterocycles. The number of halogens is 1. The number of hydrogen-bond donors (Lipinski definition) is 1. The van der Waals surface area contributed by atoms with Gasteiger partial charge in [0.2, 0.25) is 0 Å². The van der Waals surface area contributed by atoms with Gasteiger partial charge in [-0.15, -0.1) is 0 Å². The van der Waals surface area contributed by atoms with Crippen molar-refractivity contribution in [2.24, 2.45) is 0 Å². The molecule has 0 saturated carbocycles. The van der Waals surface area contributed by atoms with Crippen LogP contribution in [0.1, 0.15) is 5.69 Å². The van der Waals surface area contributed by atoms with Gasteiger partial charge in [-0.25, -0.2) is 9.37 Å². The molecule has 2 rings (SSSR count). The zero-order valence-electron chi connectivity index (χ0n) is 9.35. The van der Waals surface area contributed by atoms with E-state index in [9.17, 15) is 4.39 Å². The molecule has 80 valence electrons. The van der Waals surface area contributed by atoms with Crippen LogP contribution in [-0.4, -0.2) is 23.3 Å². The molecule has 0 aromatic carbocycles. The highest BCUT2D eigenvalue weighted by Crippen LogP contribution is 2.17. The third-order valence-corrected chi connectivity index (χ3v) is 4.46. The summed E-state index contributed by atoms with van der Waals surface area (Å²) in [6.07, 6.45) is 1.27. The predicted molar refractivity (Wildman–Crippen MR) is 61.6 cm³/mol. The highest BCUT2D eigenvalue weighted by molar-refractivity contribution is 6.90. The first-order valence-electron chi connectivity index (χ1n) is 4.91. The van der Waals surface area contributed by atoms with E-state index in [-0.39, 0.29) is 5.82 Å². The highest BCUT2D eigenvalue weighted by atomic mass is 28.3. The maximum absolute atomic E-state index is 13.8. The Labute approximate surface area is 88.7 Å². The van der Waals surface area contributed by atoms with Crippen molar-refractivity contribution in [2.45, 2.75) is 26.6 Å². The third-order valence-electron chi connectivity index (χ3n) is 2.47. The summed E-state index contributed by atoms with van der Waals surface area (Å²) in [7, 11) is -1.71. The second-order valence-corrected chi connectivity index (χ2v) is 9.78. The van der Waals surface area contributed by atoms with Gasteiger partial charge in [0, 0.05) is 11.1 Å². The van der Waals surface area contributed by atoms with Gasteiger partial charge < -0.3 is 0 Å². The van der Waals surface area contributed by atoms with Gasteiger partial charge >= 0.3 is 0 Å². The van der Waals surface area contributed by atoms with Crippen molar-refractivity contribution >= 4 is 24.3 Å². The standard InChI is InChI=1S/C10H14FN3Si/c1-6-8-9(15(2,3)4)7(11)5-12-10(8)14-13-6/h5H,1-4H3,(H,12,13,14). The van der Waals surface area contributed by atoms with Crippen molar-refractivity contribution in [3.8, 4) is 0 Å². The third kappa shape index (κ3) is 1.56. The van der Waals surface area contributed by atoms with E-state index in [1.165, 1.54) is 6.20 Å². The second-order valence-electron chi connectivity index (χ2n) is 4.78. The van der Waals surface area contributed by atoms with Crippen molar-refractivity contribution in [1.82, 2.24) is 15.2 Å². The summed E-state index contributed by atoms with van der Waals surface area (Å²) < 4.78 is 13.8. The first kappa shape index (κ1) is 10.3. The lowest BCUT2D eigenvalue weighted by atomic mass is 10.3. The molecular weight excluding hydrogens is 209 g/mol. The number of pyridine rings is 1. The molecule has 0 aliphatic heterocycles. The van der Waals surface area contributed by atoms with Crippen LogP contribution in [0, 0.1) is 12.7 Å². The molecule has 0 aliphatic carbocycles. The van der Waals surface area contributed by atoms with Crippen LogP contribution in [0.25, 0.3) is 11.0 Å². The maximum atomic E-state index is 13.8. The SMILES string of the molecule is Cc1[nH]nc2ncc(F)c([Si](C)(C)C)c12. The number of nitrogens with one attached hydrogen (secondary N) is 1. The molecule has 0 spiro atoms.